The zero-order chi connectivity index (χ0) is 16.4. The summed E-state index contributed by atoms with van der Waals surface area (Å²) in [4.78, 5) is 6.61. The number of benzene rings is 1. The van der Waals surface area contributed by atoms with Gasteiger partial charge in [-0.25, -0.2) is 4.98 Å². The molecule has 1 fully saturated rings. The summed E-state index contributed by atoms with van der Waals surface area (Å²) in [5, 5.41) is 1.21. The summed E-state index contributed by atoms with van der Waals surface area (Å²) in [6.07, 6.45) is 10.3. The van der Waals surface area contributed by atoms with Crippen LogP contribution in [0.3, 0.4) is 0 Å². The highest BCUT2D eigenvalue weighted by Crippen LogP contribution is 2.28. The molecule has 0 aliphatic carbocycles. The molecule has 1 aliphatic heterocycles. The minimum atomic E-state index is 0.320. The average molecular weight is 324 g/mol. The van der Waals surface area contributed by atoms with E-state index in [-0.39, 0.29) is 0 Å². The van der Waals surface area contributed by atoms with E-state index in [2.05, 4.69) is 56.5 Å². The van der Waals surface area contributed by atoms with Gasteiger partial charge in [-0.15, -0.1) is 0 Å². The quantitative estimate of drug-likeness (QED) is 0.724. The third kappa shape index (κ3) is 3.17. The number of hydrogen-bond acceptors (Lipinski definition) is 3. The predicted molar refractivity (Wildman–Crippen MR) is 95.2 cm³/mol. The lowest BCUT2D eigenvalue weighted by Crippen LogP contribution is -2.39. The zero-order valence-corrected chi connectivity index (χ0v) is 14.1. The van der Waals surface area contributed by atoms with Crippen molar-refractivity contribution in [1.82, 2.24) is 19.0 Å². The number of rotatable bonds is 5. The molecule has 3 heterocycles. The van der Waals surface area contributed by atoms with Crippen LogP contribution >= 0.6 is 0 Å². The molecule has 2 aromatic heterocycles. The molecule has 24 heavy (non-hydrogen) atoms. The van der Waals surface area contributed by atoms with E-state index in [0.717, 1.165) is 44.8 Å². The molecule has 5 nitrogen and oxygen atoms in total. The Labute approximate surface area is 142 Å². The maximum absolute atomic E-state index is 6.33. The molecule has 0 atom stereocenters. The molecule has 5 heteroatoms. The van der Waals surface area contributed by atoms with Gasteiger partial charge in [0.25, 0.3) is 0 Å². The maximum Gasteiger partial charge on any atom is 0.129 e. The van der Waals surface area contributed by atoms with Gasteiger partial charge in [0, 0.05) is 57.2 Å². The van der Waals surface area contributed by atoms with E-state index < -0.39 is 0 Å². The van der Waals surface area contributed by atoms with Gasteiger partial charge in [0.1, 0.15) is 11.9 Å². The Hall–Kier alpha value is -2.27. The first kappa shape index (κ1) is 15.3. The second-order valence-corrected chi connectivity index (χ2v) is 6.57. The van der Waals surface area contributed by atoms with Gasteiger partial charge in [0.2, 0.25) is 0 Å². The first-order chi connectivity index (χ1) is 11.8. The molecule has 0 amide bonds. The van der Waals surface area contributed by atoms with Gasteiger partial charge in [0.05, 0.1) is 11.8 Å². The summed E-state index contributed by atoms with van der Waals surface area (Å²) in [7, 11) is 2.07. The van der Waals surface area contributed by atoms with Gasteiger partial charge >= 0.3 is 0 Å². The largest absolute Gasteiger partial charge is 0.490 e. The highest BCUT2D eigenvalue weighted by molar-refractivity contribution is 5.86. The summed E-state index contributed by atoms with van der Waals surface area (Å²) in [6, 6.07) is 8.46. The molecule has 0 saturated carbocycles. The number of ether oxygens (including phenoxy) is 1. The summed E-state index contributed by atoms with van der Waals surface area (Å²) in [6.45, 7) is 4.29. The smallest absolute Gasteiger partial charge is 0.129 e. The first-order valence-electron chi connectivity index (χ1n) is 8.68. The average Bonchev–Trinajstić information content (AvgIpc) is 3.25. The second-order valence-electron chi connectivity index (χ2n) is 6.57. The van der Waals surface area contributed by atoms with Crippen LogP contribution in [-0.2, 0) is 13.6 Å². The molecule has 0 N–H and O–H groups in total. The summed E-state index contributed by atoms with van der Waals surface area (Å²) in [5.74, 6) is 1.02. The number of aryl methyl sites for hydroxylation is 1. The monoisotopic (exact) mass is 324 g/mol. The van der Waals surface area contributed by atoms with Crippen molar-refractivity contribution < 1.29 is 4.74 Å². The standard InChI is InChI=1S/C19H24N4O/c1-21-9-7-17-18(21)3-2-4-19(17)24-16-5-10-22(11-6-16)13-14-23-12-8-20-15-23/h2-4,7-9,12,15-16H,5-6,10-11,13-14H2,1H3. The number of hydrogen-bond donors (Lipinski definition) is 0. The lowest BCUT2D eigenvalue weighted by Gasteiger charge is -2.32. The van der Waals surface area contributed by atoms with Crippen LogP contribution in [0, 0.1) is 0 Å². The van der Waals surface area contributed by atoms with Crippen molar-refractivity contribution >= 4 is 10.9 Å². The molecule has 0 unspecified atom stereocenters. The number of piperidine rings is 1. The van der Waals surface area contributed by atoms with E-state index in [1.54, 1.807) is 0 Å². The number of nitrogens with zero attached hydrogens (tertiary/aromatic N) is 4. The topological polar surface area (TPSA) is 35.2 Å². The van der Waals surface area contributed by atoms with E-state index in [4.69, 9.17) is 4.74 Å². The summed E-state index contributed by atoms with van der Waals surface area (Å²) in [5.41, 5.74) is 1.23. The summed E-state index contributed by atoms with van der Waals surface area (Å²) >= 11 is 0. The molecule has 126 valence electrons. The van der Waals surface area contributed by atoms with E-state index >= 15 is 0 Å². The first-order valence-corrected chi connectivity index (χ1v) is 8.68. The van der Waals surface area contributed by atoms with Crippen LogP contribution in [0.5, 0.6) is 5.75 Å². The molecular weight excluding hydrogens is 300 g/mol. The fourth-order valence-electron chi connectivity index (χ4n) is 3.48. The van der Waals surface area contributed by atoms with Gasteiger partial charge in [-0.3, -0.25) is 0 Å². The van der Waals surface area contributed by atoms with Crippen molar-refractivity contribution in [2.24, 2.45) is 7.05 Å². The van der Waals surface area contributed by atoms with E-state index in [0.29, 0.717) is 6.10 Å². The third-order valence-electron chi connectivity index (χ3n) is 4.95. The lowest BCUT2D eigenvalue weighted by molar-refractivity contribution is 0.0998. The Kier molecular flexibility index (Phi) is 4.26. The molecule has 3 aromatic rings. The van der Waals surface area contributed by atoms with Crippen LogP contribution in [0.25, 0.3) is 10.9 Å². The van der Waals surface area contributed by atoms with Crippen molar-refractivity contribution in [3.63, 3.8) is 0 Å². The molecular formula is C19H24N4O. The maximum atomic E-state index is 6.33. The van der Waals surface area contributed by atoms with Crippen LogP contribution in [0.15, 0.2) is 49.2 Å². The molecule has 0 spiro atoms. The molecule has 1 aromatic carbocycles. The predicted octanol–water partition coefficient (Wildman–Crippen LogP) is 2.92. The van der Waals surface area contributed by atoms with Gasteiger partial charge < -0.3 is 18.8 Å². The number of likely N-dealkylation sites (tertiary alicyclic amines) is 1. The highest BCUT2D eigenvalue weighted by atomic mass is 16.5. The molecule has 1 saturated heterocycles. The SMILES string of the molecule is Cn1ccc2c(OC3CCN(CCn4ccnc4)CC3)cccc21. The minimum absolute atomic E-state index is 0.320. The normalized spacial score (nSPS) is 16.7. The number of fused-ring (bicyclic) bond motifs is 1. The fourth-order valence-corrected chi connectivity index (χ4v) is 3.48. The third-order valence-corrected chi connectivity index (χ3v) is 4.95. The van der Waals surface area contributed by atoms with Crippen LogP contribution < -0.4 is 4.74 Å². The summed E-state index contributed by atoms with van der Waals surface area (Å²) < 4.78 is 10.6. The molecule has 4 rings (SSSR count). The van der Waals surface area contributed by atoms with Crippen molar-refractivity contribution in [2.75, 3.05) is 19.6 Å². The molecule has 0 radical (unpaired) electrons. The van der Waals surface area contributed by atoms with Crippen molar-refractivity contribution in [3.05, 3.63) is 49.2 Å². The van der Waals surface area contributed by atoms with Gasteiger partial charge in [-0.1, -0.05) is 6.07 Å². The molecule has 1 aliphatic rings. The Bertz CT molecular complexity index is 785. The Morgan fingerprint density at radius 1 is 1.12 bits per heavy atom. The van der Waals surface area contributed by atoms with E-state index in [1.807, 2.05) is 18.7 Å². The zero-order valence-electron chi connectivity index (χ0n) is 14.1. The van der Waals surface area contributed by atoms with Crippen LogP contribution in [0.2, 0.25) is 0 Å². The Morgan fingerprint density at radius 3 is 2.79 bits per heavy atom. The Morgan fingerprint density at radius 2 is 2.00 bits per heavy atom. The highest BCUT2D eigenvalue weighted by Gasteiger charge is 2.21. The number of aromatic nitrogens is 3. The fraction of sp³-hybridized carbons (Fsp3) is 0.421. The van der Waals surface area contributed by atoms with Crippen LogP contribution in [-0.4, -0.2) is 44.8 Å². The van der Waals surface area contributed by atoms with Gasteiger partial charge in [0.15, 0.2) is 0 Å². The number of imidazole rings is 1. The Balaban J connectivity index is 1.32. The van der Waals surface area contributed by atoms with Gasteiger partial charge in [-0.2, -0.15) is 0 Å². The van der Waals surface area contributed by atoms with Crippen molar-refractivity contribution in [2.45, 2.75) is 25.5 Å². The van der Waals surface area contributed by atoms with Crippen LogP contribution in [0.1, 0.15) is 12.8 Å². The van der Waals surface area contributed by atoms with Gasteiger partial charge in [-0.05, 0) is 31.0 Å². The van der Waals surface area contributed by atoms with Crippen LogP contribution in [0.4, 0.5) is 0 Å². The second kappa shape index (κ2) is 6.69. The van der Waals surface area contributed by atoms with Crippen molar-refractivity contribution in [1.29, 1.82) is 0 Å². The molecule has 0 bridgehead atoms. The lowest BCUT2D eigenvalue weighted by atomic mass is 10.1. The minimum Gasteiger partial charge on any atom is -0.490 e. The van der Waals surface area contributed by atoms with E-state index in [1.165, 1.54) is 10.9 Å². The van der Waals surface area contributed by atoms with Crippen molar-refractivity contribution in [3.8, 4) is 5.75 Å². The van der Waals surface area contributed by atoms with E-state index in [9.17, 15) is 0 Å².